The number of nitrogens with one attached hydrogen (secondary N) is 2. The Kier molecular flexibility index (Phi) is 20.8. The van der Waals surface area contributed by atoms with Crippen LogP contribution in [0.2, 0.25) is 0 Å². The fraction of sp³-hybridized carbons (Fsp3) is 0.702. The van der Waals surface area contributed by atoms with Crippen molar-refractivity contribution in [1.82, 2.24) is 10.6 Å². The molecule has 10 N–H and O–H groups in total. The van der Waals surface area contributed by atoms with Gasteiger partial charge in [0.15, 0.2) is 23.6 Å². The van der Waals surface area contributed by atoms with Crippen molar-refractivity contribution in [3.63, 3.8) is 0 Å². The summed E-state index contributed by atoms with van der Waals surface area (Å²) in [4.78, 5) is 68.9. The first-order valence-electron chi connectivity index (χ1n) is 27.8. The molecule has 18 atom stereocenters. The van der Waals surface area contributed by atoms with Gasteiger partial charge in [-0.3, -0.25) is 24.0 Å². The van der Waals surface area contributed by atoms with E-state index in [9.17, 15) is 54.6 Å². The van der Waals surface area contributed by atoms with E-state index < -0.39 is 89.8 Å². The Morgan fingerprint density at radius 3 is 2.35 bits per heavy atom. The molecule has 2 aromatic rings. The Morgan fingerprint density at radius 1 is 0.936 bits per heavy atom. The summed E-state index contributed by atoms with van der Waals surface area (Å²) >= 11 is 7.39. The molecule has 0 aromatic heterocycles. The standard InChI is InChI=1S/C57H79N3O14.3HI.V/c1-28(37-13-14-38-50-39(23-45(64)56(37,38)4)55(3)17-16-32(62)20-31(55)21-42(50)63)12-15-47(66)59-40(10-6-7-18-58)54(70)60-41-24-48(73-29(2)51(41)67)74-44-26-57(71,46(65)27-61)25-30-19-35-36(22-34(30)44)53(69)49-33(52(35)68)9-8-11-43(49)72-5;;;;/h8-9,11,19,22,28-29,31-32,37-42,44-45,48,50-51,61-64,67,71H,6-7,10,12-18,20-21,23-27,58H2,1-5H3,(H,59,66)(H,60,70);3*1H;/q;;;;+3/p-3/t28-,29?,31+,32-,37-,38?,39+,40?,41?,42-,44?,45+,48?,50+,51?,55+,56-,57+;;;;/m1..../s1. The second-order valence-electron chi connectivity index (χ2n) is 24.0. The summed E-state index contributed by atoms with van der Waals surface area (Å²) in [5, 5.41) is 73.4. The molecule has 7 aliphatic rings. The van der Waals surface area contributed by atoms with Crippen molar-refractivity contribution in [2.24, 2.45) is 52.1 Å². The molecule has 2 amide bonds. The number of ether oxygens (including phenoxy) is 3. The number of Topliss-reactive ketones (excluding diaryl/α,β-unsaturated/α-hetero) is 1. The predicted octanol–water partition coefficient (Wildman–Crippen LogP) is 6.39. The second kappa shape index (κ2) is 25.8. The van der Waals surface area contributed by atoms with Crippen molar-refractivity contribution < 1.29 is 73.7 Å². The van der Waals surface area contributed by atoms with Gasteiger partial charge in [0.2, 0.25) is 11.8 Å². The normalized spacial score (nSPS) is 36.5. The third-order valence-corrected chi connectivity index (χ3v) is 19.8. The number of benzene rings is 2. The number of hydrogen-bond acceptors (Lipinski definition) is 15. The van der Waals surface area contributed by atoms with E-state index in [2.05, 4.69) is 91.3 Å². The summed E-state index contributed by atoms with van der Waals surface area (Å²) in [5.41, 5.74) is 4.48. The minimum absolute atomic E-state index is 0.0323. The fourth-order valence-electron chi connectivity index (χ4n) is 15.6. The third kappa shape index (κ3) is 12.5. The van der Waals surface area contributed by atoms with Crippen LogP contribution in [0.25, 0.3) is 0 Å². The zero-order valence-corrected chi connectivity index (χ0v) is 53.0. The molecule has 21 heteroatoms. The first-order valence-corrected chi connectivity index (χ1v) is 41.3. The van der Waals surface area contributed by atoms with E-state index in [-0.39, 0.29) is 118 Å². The summed E-state index contributed by atoms with van der Waals surface area (Å²) < 4.78 is 18.1. The van der Waals surface area contributed by atoms with Crippen LogP contribution in [0.15, 0.2) is 30.3 Å². The molecule has 78 heavy (non-hydrogen) atoms. The quantitative estimate of drug-likeness (QED) is 0.0555. The number of rotatable bonds is 16. The minimum atomic E-state index is -2.11. The number of nitrogens with two attached hydrogens (primary N) is 1. The molecule has 0 radical (unpaired) electrons. The van der Waals surface area contributed by atoms with E-state index in [4.69, 9.17) is 19.9 Å². The maximum atomic E-state index is 14.3. The molecule has 432 valence electrons. The molecule has 2 aromatic carbocycles. The molecule has 1 saturated heterocycles. The van der Waals surface area contributed by atoms with Crippen LogP contribution in [-0.2, 0) is 35.2 Å². The van der Waals surface area contributed by atoms with Crippen LogP contribution in [0.4, 0.5) is 0 Å². The van der Waals surface area contributed by atoms with Crippen LogP contribution in [0.3, 0.4) is 0 Å². The molecule has 0 bridgehead atoms. The molecule has 1 heterocycles. The molecule has 6 aliphatic carbocycles. The van der Waals surface area contributed by atoms with Crippen molar-refractivity contribution in [2.75, 3.05) is 20.3 Å². The van der Waals surface area contributed by atoms with E-state index in [1.165, 1.54) is 25.3 Å². The molecule has 7 unspecified atom stereocenters. The molecule has 9 rings (SSSR count). The predicted molar refractivity (Wildman–Crippen MR) is 312 cm³/mol. The summed E-state index contributed by atoms with van der Waals surface area (Å²) in [7, 11) is 1.41. The third-order valence-electron chi connectivity index (χ3n) is 19.8. The summed E-state index contributed by atoms with van der Waals surface area (Å²) in [5.74, 6) is -1.51. The van der Waals surface area contributed by atoms with E-state index in [0.717, 1.165) is 25.7 Å². The number of halogens is 3. The van der Waals surface area contributed by atoms with Crippen LogP contribution >= 0.6 is 59.9 Å². The molecule has 5 fully saturated rings. The summed E-state index contributed by atoms with van der Waals surface area (Å²) in [6.07, 6.45) is 1.19. The molecule has 1 aliphatic heterocycles. The van der Waals surface area contributed by atoms with E-state index in [1.807, 2.05) is 0 Å². The van der Waals surface area contributed by atoms with Gasteiger partial charge in [-0.2, -0.15) is 0 Å². The Bertz CT molecular complexity index is 2560. The average molecular weight is 1460 g/mol. The van der Waals surface area contributed by atoms with Crippen LogP contribution in [0.5, 0.6) is 5.75 Å². The van der Waals surface area contributed by atoms with Gasteiger partial charge in [0.25, 0.3) is 0 Å². The van der Waals surface area contributed by atoms with Gasteiger partial charge in [0.05, 0.1) is 49.2 Å². The number of aliphatic hydroxyl groups excluding tert-OH is 5. The van der Waals surface area contributed by atoms with Gasteiger partial charge in [-0.25, -0.2) is 0 Å². The number of amides is 2. The average Bonchev–Trinajstić information content (AvgIpc) is 3.57. The molecule has 4 saturated carbocycles. The van der Waals surface area contributed by atoms with Gasteiger partial charge in [-0.15, -0.1) is 0 Å². The van der Waals surface area contributed by atoms with Gasteiger partial charge in [-0.05, 0) is 160 Å². The number of carbonyl (C=O) groups excluding carboxylic acids is 5. The van der Waals surface area contributed by atoms with Crippen molar-refractivity contribution in [2.45, 2.75) is 185 Å². The zero-order valence-electron chi connectivity index (χ0n) is 45.2. The van der Waals surface area contributed by atoms with E-state index in [0.29, 0.717) is 56.2 Å². The zero-order chi connectivity index (χ0) is 56.8. The van der Waals surface area contributed by atoms with Gasteiger partial charge in [0, 0.05) is 42.4 Å². The first kappa shape index (κ1) is 62.6. The van der Waals surface area contributed by atoms with Crippen LogP contribution < -0.4 is 21.1 Å². The van der Waals surface area contributed by atoms with Gasteiger partial charge < -0.3 is 61.2 Å². The second-order valence-corrected chi connectivity index (χ2v) is 59.4. The monoisotopic (exact) mass is 1460 g/mol. The molecule has 0 spiro atoms. The van der Waals surface area contributed by atoms with E-state index in [1.54, 1.807) is 19.1 Å². The molecular formula is C57H79I3N3O14V. The maximum absolute atomic E-state index is 14.3. The van der Waals surface area contributed by atoms with Gasteiger partial charge >= 0.3 is 64.9 Å². The number of hydrogen-bond donors (Lipinski definition) is 9. The van der Waals surface area contributed by atoms with Crippen LogP contribution in [0.1, 0.15) is 167 Å². The number of unbranched alkanes of at least 4 members (excludes halogenated alkanes) is 1. The van der Waals surface area contributed by atoms with Crippen LogP contribution in [-0.4, -0.2) is 135 Å². The molecular weight excluding hydrogens is 1380 g/mol. The topological polar surface area (TPSA) is 284 Å². The summed E-state index contributed by atoms with van der Waals surface area (Å²) in [6, 6.07) is 5.85. The fourth-order valence-corrected chi connectivity index (χ4v) is 15.6. The summed E-state index contributed by atoms with van der Waals surface area (Å²) in [6.45, 7) is 7.70. The Hall–Kier alpha value is -1.40. The Balaban J connectivity index is 0.00000194. The number of fused-ring (bicyclic) bond motifs is 8. The Morgan fingerprint density at radius 2 is 1.65 bits per heavy atom. The van der Waals surface area contributed by atoms with Crippen LogP contribution in [0, 0.1) is 46.3 Å². The first-order chi connectivity index (χ1) is 36.9. The number of ketones is 3. The molecule has 17 nitrogen and oxygen atoms in total. The van der Waals surface area contributed by atoms with Crippen molar-refractivity contribution in [3.05, 3.63) is 63.7 Å². The van der Waals surface area contributed by atoms with Crippen molar-refractivity contribution >= 4 is 89.1 Å². The van der Waals surface area contributed by atoms with Gasteiger partial charge in [0.1, 0.15) is 30.1 Å². The van der Waals surface area contributed by atoms with Crippen molar-refractivity contribution in [3.8, 4) is 5.75 Å². The van der Waals surface area contributed by atoms with Gasteiger partial charge in [-0.1, -0.05) is 32.9 Å². The SMILES string of the molecule is COc1cccc2c1C(=O)c1cc3c(cc1C2=O)C[C@@](O)(C(=O)CO)CC3OC1CC(NC(=O)C(CCCCN)NC(=O)CC[C@@H](C)[C@H]2CCC3[C@@H]4[C@H](O)C[C@@H]5C[C@H](O)CC[C@]5(C)[C@H]4C[C@H](O)[C@@]32C)C(O)C(C)O1.[I][V]([I])[I]. The van der Waals surface area contributed by atoms with E-state index >= 15 is 0 Å². The number of carbonyl (C=O) groups is 5. The number of aliphatic hydroxyl groups is 6. The number of methoxy groups -OCH3 is 1. The Labute approximate surface area is 495 Å². The van der Waals surface area contributed by atoms with Crippen molar-refractivity contribution in [1.29, 1.82) is 0 Å².